The van der Waals surface area contributed by atoms with E-state index < -0.39 is 0 Å². The Labute approximate surface area is 354 Å². The smallest absolute Gasteiger partial charge is 0.131 e. The molecular formula is C58H39N3. The number of fused-ring (bicyclic) bond motifs is 10. The Balaban J connectivity index is 1.08. The van der Waals surface area contributed by atoms with Gasteiger partial charge in [0.05, 0.1) is 11.0 Å². The lowest BCUT2D eigenvalue weighted by Gasteiger charge is -2.26. The minimum Gasteiger partial charge on any atom is -0.311 e. The van der Waals surface area contributed by atoms with Gasteiger partial charge in [0.2, 0.25) is 0 Å². The maximum atomic E-state index is 2.50. The summed E-state index contributed by atoms with van der Waals surface area (Å²) in [7, 11) is 0. The Bertz CT molecular complexity index is 3450. The predicted octanol–water partition coefficient (Wildman–Crippen LogP) is 15.8. The lowest BCUT2D eigenvalue weighted by molar-refractivity contribution is 1.07. The molecule has 10 aromatic carbocycles. The van der Waals surface area contributed by atoms with Crippen molar-refractivity contribution in [1.82, 2.24) is 9.13 Å². The molecule has 3 nitrogen and oxygen atoms in total. The molecule has 0 N–H and O–H groups in total. The van der Waals surface area contributed by atoms with Crippen LogP contribution in [-0.2, 0) is 0 Å². The number of hydrogen-bond acceptors (Lipinski definition) is 1. The molecule has 3 heteroatoms. The summed E-state index contributed by atoms with van der Waals surface area (Å²) in [5.74, 6) is 0. The molecule has 0 spiro atoms. The van der Waals surface area contributed by atoms with Crippen LogP contribution in [0.15, 0.2) is 237 Å². The highest BCUT2D eigenvalue weighted by Gasteiger charge is 2.25. The van der Waals surface area contributed by atoms with Crippen LogP contribution in [0, 0.1) is 0 Å². The van der Waals surface area contributed by atoms with Crippen LogP contribution in [0.1, 0.15) is 0 Å². The van der Waals surface area contributed by atoms with E-state index in [1.54, 1.807) is 0 Å². The van der Waals surface area contributed by atoms with Crippen molar-refractivity contribution in [2.75, 3.05) is 4.90 Å². The van der Waals surface area contributed by atoms with Gasteiger partial charge in [0.1, 0.15) is 5.65 Å². The first-order chi connectivity index (χ1) is 30.3. The third kappa shape index (κ3) is 5.66. The summed E-state index contributed by atoms with van der Waals surface area (Å²) in [4.78, 5) is 2.36. The highest BCUT2D eigenvalue weighted by molar-refractivity contribution is 6.36. The van der Waals surface area contributed by atoms with Crippen LogP contribution in [0.25, 0.3) is 88.0 Å². The van der Waals surface area contributed by atoms with E-state index in [1.165, 1.54) is 71.0 Å². The van der Waals surface area contributed by atoms with E-state index >= 15 is 0 Å². The molecule has 12 aromatic rings. The van der Waals surface area contributed by atoms with Gasteiger partial charge in [0, 0.05) is 50.0 Å². The number of anilines is 3. The third-order valence-electron chi connectivity index (χ3n) is 12.3. The molecule has 2 aromatic heterocycles. The fourth-order valence-electron chi connectivity index (χ4n) is 9.55. The average molecular weight is 778 g/mol. The molecule has 0 radical (unpaired) electrons. The monoisotopic (exact) mass is 777 g/mol. The number of rotatable bonds is 7. The van der Waals surface area contributed by atoms with E-state index in [2.05, 4.69) is 251 Å². The van der Waals surface area contributed by atoms with Crippen molar-refractivity contribution in [3.8, 4) is 33.6 Å². The second-order valence-corrected chi connectivity index (χ2v) is 15.7. The molecule has 0 saturated heterocycles. The Hall–Kier alpha value is -8.14. The maximum Gasteiger partial charge on any atom is 0.131 e. The molecule has 0 aliphatic carbocycles. The number of hydrogen-bond donors (Lipinski definition) is 0. The molecule has 286 valence electrons. The van der Waals surface area contributed by atoms with Crippen molar-refractivity contribution in [3.05, 3.63) is 237 Å². The molecular weight excluding hydrogens is 739 g/mol. The zero-order valence-corrected chi connectivity index (χ0v) is 33.4. The summed E-state index contributed by atoms with van der Waals surface area (Å²) in [6.07, 6.45) is 0. The van der Waals surface area contributed by atoms with E-state index in [0.29, 0.717) is 0 Å². The van der Waals surface area contributed by atoms with Gasteiger partial charge in [-0.3, -0.25) is 9.13 Å². The topological polar surface area (TPSA) is 13.1 Å². The van der Waals surface area contributed by atoms with E-state index in [1.807, 2.05) is 0 Å². The van der Waals surface area contributed by atoms with Crippen molar-refractivity contribution >= 4 is 71.4 Å². The van der Waals surface area contributed by atoms with Gasteiger partial charge in [-0.2, -0.15) is 0 Å². The Morgan fingerprint density at radius 1 is 0.262 bits per heavy atom. The summed E-state index contributed by atoms with van der Waals surface area (Å²) < 4.78 is 4.97. The molecule has 0 bridgehead atoms. The Morgan fingerprint density at radius 2 is 0.656 bits per heavy atom. The lowest BCUT2D eigenvalue weighted by Crippen LogP contribution is -2.10. The van der Waals surface area contributed by atoms with E-state index in [-0.39, 0.29) is 0 Å². The lowest BCUT2D eigenvalue weighted by atomic mass is 9.96. The van der Waals surface area contributed by atoms with E-state index in [0.717, 1.165) is 34.1 Å². The van der Waals surface area contributed by atoms with Crippen LogP contribution in [0.2, 0.25) is 0 Å². The number of aromatic nitrogens is 2. The zero-order chi connectivity index (χ0) is 40.3. The third-order valence-corrected chi connectivity index (χ3v) is 12.3. The summed E-state index contributed by atoms with van der Waals surface area (Å²) in [6, 6.07) is 85.7. The van der Waals surface area contributed by atoms with Crippen LogP contribution < -0.4 is 4.90 Å². The highest BCUT2D eigenvalue weighted by Crippen LogP contribution is 2.47. The van der Waals surface area contributed by atoms with Gasteiger partial charge >= 0.3 is 0 Å². The second kappa shape index (κ2) is 14.3. The summed E-state index contributed by atoms with van der Waals surface area (Å²) in [5.41, 5.74) is 13.9. The molecule has 61 heavy (non-hydrogen) atoms. The van der Waals surface area contributed by atoms with Gasteiger partial charge in [0.25, 0.3) is 0 Å². The molecule has 0 aliphatic heterocycles. The van der Waals surface area contributed by atoms with E-state index in [4.69, 9.17) is 0 Å². The van der Waals surface area contributed by atoms with Gasteiger partial charge in [-0.25, -0.2) is 0 Å². The Kier molecular flexibility index (Phi) is 8.17. The predicted molar refractivity (Wildman–Crippen MR) is 258 cm³/mol. The first-order valence-electron chi connectivity index (χ1n) is 20.9. The van der Waals surface area contributed by atoms with Crippen LogP contribution in [0.3, 0.4) is 0 Å². The second-order valence-electron chi connectivity index (χ2n) is 15.7. The van der Waals surface area contributed by atoms with Crippen molar-refractivity contribution in [2.45, 2.75) is 0 Å². The normalized spacial score (nSPS) is 11.6. The summed E-state index contributed by atoms with van der Waals surface area (Å²) in [5, 5.41) is 8.82. The molecule has 0 unspecified atom stereocenters. The fraction of sp³-hybridized carbons (Fsp3) is 0. The quantitative estimate of drug-likeness (QED) is 0.147. The van der Waals surface area contributed by atoms with Gasteiger partial charge in [0.15, 0.2) is 0 Å². The minimum absolute atomic E-state index is 1.08. The number of para-hydroxylation sites is 2. The number of benzene rings is 10. The fourth-order valence-corrected chi connectivity index (χ4v) is 9.55. The average Bonchev–Trinajstić information content (AvgIpc) is 3.87. The largest absolute Gasteiger partial charge is 0.311 e. The molecule has 0 atom stereocenters. The molecule has 0 amide bonds. The van der Waals surface area contributed by atoms with Crippen molar-refractivity contribution in [3.63, 3.8) is 0 Å². The standard InChI is InChI=1S/C58H39N3/c1-4-16-40(17-5-1)42-28-32-45(33-29-42)59(46-34-30-43(31-35-46)41-18-6-2-7-19-41)47-36-38-48(39-37-47)60-54-27-15-14-26-53(54)56-55-51-24-12-10-22-49(51)50-23-11-13-25-52(50)57(55)61(58(56)60)44-20-8-3-9-21-44/h1-39H. The first kappa shape index (κ1) is 34.9. The minimum atomic E-state index is 1.08. The van der Waals surface area contributed by atoms with Gasteiger partial charge in [-0.15, -0.1) is 0 Å². The van der Waals surface area contributed by atoms with E-state index in [9.17, 15) is 0 Å². The van der Waals surface area contributed by atoms with Crippen molar-refractivity contribution in [1.29, 1.82) is 0 Å². The molecule has 12 rings (SSSR count). The van der Waals surface area contributed by atoms with Crippen molar-refractivity contribution in [2.24, 2.45) is 0 Å². The highest BCUT2D eigenvalue weighted by atomic mass is 15.2. The zero-order valence-electron chi connectivity index (χ0n) is 33.4. The van der Waals surface area contributed by atoms with Gasteiger partial charge in [-0.05, 0) is 105 Å². The Morgan fingerprint density at radius 3 is 1.21 bits per heavy atom. The summed E-state index contributed by atoms with van der Waals surface area (Å²) in [6.45, 7) is 0. The molecule has 0 fully saturated rings. The van der Waals surface area contributed by atoms with Gasteiger partial charge in [-0.1, -0.05) is 170 Å². The molecule has 0 saturated carbocycles. The van der Waals surface area contributed by atoms with Crippen LogP contribution in [0.5, 0.6) is 0 Å². The first-order valence-corrected chi connectivity index (χ1v) is 20.9. The summed E-state index contributed by atoms with van der Waals surface area (Å²) >= 11 is 0. The maximum absolute atomic E-state index is 2.50. The van der Waals surface area contributed by atoms with Crippen LogP contribution in [0.4, 0.5) is 17.1 Å². The SMILES string of the molecule is c1ccc(-c2ccc(N(c3ccc(-c4ccccc4)cc3)c3ccc(-n4c5ccccc5c5c6c7ccccc7c7ccccc7c6n(-c6ccccc6)c54)cc3)cc2)cc1. The van der Waals surface area contributed by atoms with Crippen LogP contribution >= 0.6 is 0 Å². The van der Waals surface area contributed by atoms with Crippen molar-refractivity contribution < 1.29 is 0 Å². The van der Waals surface area contributed by atoms with Gasteiger partial charge < -0.3 is 4.90 Å². The number of nitrogens with zero attached hydrogens (tertiary/aromatic N) is 3. The molecule has 2 heterocycles. The molecule has 0 aliphatic rings. The van der Waals surface area contributed by atoms with Crippen LogP contribution in [-0.4, -0.2) is 9.13 Å².